The van der Waals surface area contributed by atoms with Crippen LogP contribution >= 0.6 is 11.6 Å². The molecule has 124 valence electrons. The van der Waals surface area contributed by atoms with Gasteiger partial charge in [-0.25, -0.2) is 4.98 Å². The van der Waals surface area contributed by atoms with Crippen molar-refractivity contribution in [2.45, 2.75) is 12.5 Å². The van der Waals surface area contributed by atoms with Gasteiger partial charge in [-0.2, -0.15) is 0 Å². The molecule has 24 heavy (non-hydrogen) atoms. The molecule has 0 saturated carbocycles. The van der Waals surface area contributed by atoms with Crippen LogP contribution in [-0.4, -0.2) is 41.5 Å². The number of hydrogen-bond donors (Lipinski definition) is 1. The summed E-state index contributed by atoms with van der Waals surface area (Å²) < 4.78 is 5.63. The Labute approximate surface area is 145 Å². The number of amides is 1. The number of nitrogens with one attached hydrogen (secondary N) is 1. The van der Waals surface area contributed by atoms with Crippen molar-refractivity contribution in [1.82, 2.24) is 15.2 Å². The van der Waals surface area contributed by atoms with Crippen molar-refractivity contribution in [3.63, 3.8) is 0 Å². The lowest BCUT2D eigenvalue weighted by Crippen LogP contribution is -2.43. The molecule has 2 saturated heterocycles. The van der Waals surface area contributed by atoms with Crippen LogP contribution in [0.15, 0.2) is 42.5 Å². The molecule has 6 heteroatoms. The van der Waals surface area contributed by atoms with Crippen LogP contribution in [0.25, 0.3) is 0 Å². The Hall–Kier alpha value is -2.11. The van der Waals surface area contributed by atoms with Gasteiger partial charge in [-0.15, -0.1) is 0 Å². The first-order valence-corrected chi connectivity index (χ1v) is 8.49. The van der Waals surface area contributed by atoms with Crippen LogP contribution in [0.4, 0.5) is 0 Å². The van der Waals surface area contributed by atoms with E-state index in [1.807, 2.05) is 0 Å². The molecule has 3 atom stereocenters. The van der Waals surface area contributed by atoms with Crippen LogP contribution < -0.4 is 10.1 Å². The third-order valence-corrected chi connectivity index (χ3v) is 4.89. The van der Waals surface area contributed by atoms with Crippen LogP contribution in [0.2, 0.25) is 5.15 Å². The number of ether oxygens (including phenoxy) is 1. The summed E-state index contributed by atoms with van der Waals surface area (Å²) in [7, 11) is 0. The van der Waals surface area contributed by atoms with Crippen molar-refractivity contribution in [1.29, 1.82) is 0 Å². The summed E-state index contributed by atoms with van der Waals surface area (Å²) in [5, 5.41) is 3.53. The SMILES string of the molecule is O=C(NC1CN2CCC1C2)c1ccc(Oc2cccc(Cl)n2)cc1. The second-order valence-corrected chi connectivity index (χ2v) is 6.70. The number of carbonyl (C=O) groups is 1. The summed E-state index contributed by atoms with van der Waals surface area (Å²) in [6.45, 7) is 3.25. The van der Waals surface area contributed by atoms with E-state index in [0.717, 1.165) is 13.1 Å². The number of aromatic nitrogens is 1. The highest BCUT2D eigenvalue weighted by Gasteiger charge is 2.38. The molecule has 1 aromatic heterocycles. The fraction of sp³-hybridized carbons (Fsp3) is 0.333. The zero-order valence-electron chi connectivity index (χ0n) is 13.1. The summed E-state index contributed by atoms with van der Waals surface area (Å²) in [4.78, 5) is 18.9. The third-order valence-electron chi connectivity index (χ3n) is 4.68. The van der Waals surface area contributed by atoms with Crippen molar-refractivity contribution >= 4 is 17.5 Å². The molecule has 3 heterocycles. The van der Waals surface area contributed by atoms with Gasteiger partial charge >= 0.3 is 0 Å². The number of nitrogens with zero attached hydrogens (tertiary/aromatic N) is 2. The first-order chi connectivity index (χ1) is 11.7. The highest BCUT2D eigenvalue weighted by atomic mass is 35.5. The predicted octanol–water partition coefficient (Wildman–Crippen LogP) is 2.96. The molecule has 0 aliphatic carbocycles. The monoisotopic (exact) mass is 343 g/mol. The Morgan fingerprint density at radius 2 is 2.04 bits per heavy atom. The summed E-state index contributed by atoms with van der Waals surface area (Å²) in [5.41, 5.74) is 0.638. The Balaban J connectivity index is 1.39. The van der Waals surface area contributed by atoms with Gasteiger partial charge < -0.3 is 15.0 Å². The van der Waals surface area contributed by atoms with Crippen LogP contribution in [-0.2, 0) is 0 Å². The second kappa shape index (κ2) is 6.42. The number of benzene rings is 1. The van der Waals surface area contributed by atoms with E-state index in [1.54, 1.807) is 42.5 Å². The first kappa shape index (κ1) is 15.4. The van der Waals surface area contributed by atoms with Crippen molar-refractivity contribution in [3.8, 4) is 11.6 Å². The number of piperidine rings is 1. The molecule has 1 amide bonds. The minimum atomic E-state index is -0.0267. The quantitative estimate of drug-likeness (QED) is 0.867. The standard InChI is InChI=1S/C18H18ClN3O2/c19-16-2-1-3-17(21-16)24-14-6-4-12(5-7-14)18(23)20-15-11-22-9-8-13(15)10-22/h1-7,13,15H,8-11H2,(H,20,23). The van der Waals surface area contributed by atoms with Crippen LogP contribution in [0.1, 0.15) is 16.8 Å². The van der Waals surface area contributed by atoms with E-state index in [4.69, 9.17) is 16.3 Å². The molecule has 1 N–H and O–H groups in total. The lowest BCUT2D eigenvalue weighted by molar-refractivity contribution is 0.0924. The van der Waals surface area contributed by atoms with Crippen molar-refractivity contribution in [2.75, 3.05) is 19.6 Å². The van der Waals surface area contributed by atoms with Crippen LogP contribution in [0, 0.1) is 5.92 Å². The van der Waals surface area contributed by atoms with Gasteiger partial charge in [0, 0.05) is 30.8 Å². The zero-order valence-corrected chi connectivity index (χ0v) is 13.9. The number of carbonyl (C=O) groups excluding carboxylic acids is 1. The van der Waals surface area contributed by atoms with Crippen LogP contribution in [0.3, 0.4) is 0 Å². The maximum Gasteiger partial charge on any atom is 0.251 e. The number of hydrogen-bond acceptors (Lipinski definition) is 4. The van der Waals surface area contributed by atoms with Crippen molar-refractivity contribution < 1.29 is 9.53 Å². The van der Waals surface area contributed by atoms with Gasteiger partial charge in [0.15, 0.2) is 0 Å². The molecule has 2 fully saturated rings. The molecule has 0 spiro atoms. The topological polar surface area (TPSA) is 54.5 Å². The highest BCUT2D eigenvalue weighted by molar-refractivity contribution is 6.29. The molecule has 1 aromatic carbocycles. The molecule has 2 bridgehead atoms. The molecule has 2 aromatic rings. The van der Waals surface area contributed by atoms with E-state index in [2.05, 4.69) is 15.2 Å². The summed E-state index contributed by atoms with van der Waals surface area (Å²) >= 11 is 5.84. The average Bonchev–Trinajstić information content (AvgIpc) is 3.18. The van der Waals surface area contributed by atoms with Gasteiger partial charge in [0.2, 0.25) is 5.88 Å². The smallest absolute Gasteiger partial charge is 0.251 e. The Morgan fingerprint density at radius 1 is 1.21 bits per heavy atom. The number of rotatable bonds is 4. The van der Waals surface area contributed by atoms with Gasteiger partial charge in [0.25, 0.3) is 5.91 Å². The number of fused-ring (bicyclic) bond motifs is 2. The Bertz CT molecular complexity index is 750. The highest BCUT2D eigenvalue weighted by Crippen LogP contribution is 2.28. The molecule has 0 radical (unpaired) electrons. The molecule has 3 unspecified atom stereocenters. The predicted molar refractivity (Wildman–Crippen MR) is 91.6 cm³/mol. The largest absolute Gasteiger partial charge is 0.439 e. The maximum atomic E-state index is 12.4. The molecular weight excluding hydrogens is 326 g/mol. The molecule has 5 nitrogen and oxygen atoms in total. The van der Waals surface area contributed by atoms with Crippen molar-refractivity contribution in [2.24, 2.45) is 5.92 Å². The lowest BCUT2D eigenvalue weighted by atomic mass is 9.99. The zero-order chi connectivity index (χ0) is 16.5. The summed E-state index contributed by atoms with van der Waals surface area (Å²) in [6.07, 6.45) is 1.18. The molecule has 2 aliphatic heterocycles. The molecule has 2 aliphatic rings. The molecule has 4 rings (SSSR count). The van der Waals surface area contributed by atoms with E-state index in [0.29, 0.717) is 28.3 Å². The Kier molecular flexibility index (Phi) is 4.12. The van der Waals surface area contributed by atoms with Gasteiger partial charge in [0.1, 0.15) is 10.9 Å². The third kappa shape index (κ3) is 3.23. The number of pyridine rings is 1. The van der Waals surface area contributed by atoms with Gasteiger partial charge in [-0.05, 0) is 49.2 Å². The van der Waals surface area contributed by atoms with Gasteiger partial charge in [-0.3, -0.25) is 4.79 Å². The molecular formula is C18H18ClN3O2. The number of halogens is 1. The fourth-order valence-corrected chi connectivity index (χ4v) is 3.60. The first-order valence-electron chi connectivity index (χ1n) is 8.11. The minimum absolute atomic E-state index is 0.0267. The van der Waals surface area contributed by atoms with E-state index in [9.17, 15) is 4.79 Å². The normalized spacial score (nSPS) is 24.8. The van der Waals surface area contributed by atoms with Crippen molar-refractivity contribution in [3.05, 3.63) is 53.2 Å². The van der Waals surface area contributed by atoms with E-state index < -0.39 is 0 Å². The van der Waals surface area contributed by atoms with Gasteiger partial charge in [0.05, 0.1) is 0 Å². The summed E-state index contributed by atoms with van der Waals surface area (Å²) in [5.74, 6) is 1.62. The van der Waals surface area contributed by atoms with Gasteiger partial charge in [-0.1, -0.05) is 17.7 Å². The lowest BCUT2D eigenvalue weighted by Gasteiger charge is -2.23. The minimum Gasteiger partial charge on any atom is -0.439 e. The average molecular weight is 344 g/mol. The maximum absolute atomic E-state index is 12.4. The summed E-state index contributed by atoms with van der Waals surface area (Å²) in [6, 6.07) is 12.5. The fourth-order valence-electron chi connectivity index (χ4n) is 3.44. The second-order valence-electron chi connectivity index (χ2n) is 6.31. The van der Waals surface area contributed by atoms with E-state index >= 15 is 0 Å². The van der Waals surface area contributed by atoms with E-state index in [1.165, 1.54) is 13.0 Å². The van der Waals surface area contributed by atoms with Crippen LogP contribution in [0.5, 0.6) is 11.6 Å². The van der Waals surface area contributed by atoms with E-state index in [-0.39, 0.29) is 11.9 Å². The Morgan fingerprint density at radius 3 is 2.71 bits per heavy atom.